The van der Waals surface area contributed by atoms with Gasteiger partial charge in [0.1, 0.15) is 0 Å². The van der Waals surface area contributed by atoms with E-state index in [4.69, 9.17) is 0 Å². The predicted octanol–water partition coefficient (Wildman–Crippen LogP) is 4.38. The van der Waals surface area contributed by atoms with Crippen LogP contribution < -0.4 is 5.32 Å². The van der Waals surface area contributed by atoms with Gasteiger partial charge < -0.3 is 15.0 Å². The Morgan fingerprint density at radius 2 is 1.95 bits per heavy atom. The number of carbonyl (C=O) groups is 1. The number of nitrogens with zero attached hydrogens (tertiary/aromatic N) is 1. The molecule has 2 N–H and O–H groups in total. The molecule has 21 heavy (non-hydrogen) atoms. The number of hydrogen-bond acceptors (Lipinski definition) is 2. The minimum atomic E-state index is -0.953. The molecule has 0 radical (unpaired) electrons. The van der Waals surface area contributed by atoms with E-state index in [2.05, 4.69) is 21.2 Å². The first-order chi connectivity index (χ1) is 10.1. The van der Waals surface area contributed by atoms with Crippen molar-refractivity contribution in [2.45, 2.75) is 0 Å². The van der Waals surface area contributed by atoms with Crippen LogP contribution in [0.2, 0.25) is 0 Å². The Balaban J connectivity index is 2.21. The highest BCUT2D eigenvalue weighted by molar-refractivity contribution is 9.10. The molecule has 0 unspecified atom stereocenters. The van der Waals surface area contributed by atoms with Gasteiger partial charge in [0.2, 0.25) is 0 Å². The number of para-hydroxylation sites is 1. The number of aromatic carboxylic acids is 1. The fraction of sp³-hybridized carbons (Fsp3) is 0.0625. The second-order valence-electron chi connectivity index (χ2n) is 4.74. The maximum Gasteiger partial charge on any atom is 0.354 e. The maximum absolute atomic E-state index is 11.6. The third-order valence-electron chi connectivity index (χ3n) is 3.40. The average molecular weight is 345 g/mol. The summed E-state index contributed by atoms with van der Waals surface area (Å²) in [5.74, 6) is -0.953. The number of fused-ring (bicyclic) bond motifs is 1. The van der Waals surface area contributed by atoms with Crippen LogP contribution in [0.25, 0.3) is 10.9 Å². The highest BCUT2D eigenvalue weighted by Gasteiger charge is 2.20. The minimum absolute atomic E-state index is 0.246. The molecule has 0 aliphatic rings. The highest BCUT2D eigenvalue weighted by Crippen LogP contribution is 2.33. The van der Waals surface area contributed by atoms with E-state index in [0.717, 1.165) is 21.1 Å². The van der Waals surface area contributed by atoms with Crippen molar-refractivity contribution < 1.29 is 9.90 Å². The van der Waals surface area contributed by atoms with Crippen LogP contribution in [0.1, 0.15) is 10.5 Å². The molecule has 2 aromatic carbocycles. The molecule has 4 nitrogen and oxygen atoms in total. The molecular weight excluding hydrogens is 332 g/mol. The quantitative estimate of drug-likeness (QED) is 0.741. The zero-order valence-electron chi connectivity index (χ0n) is 11.3. The third-order valence-corrected chi connectivity index (χ3v) is 3.90. The largest absolute Gasteiger partial charge is 0.477 e. The number of carboxylic acids is 1. The molecule has 0 amide bonds. The molecule has 0 saturated carbocycles. The van der Waals surface area contributed by atoms with Crippen molar-refractivity contribution >= 4 is 44.2 Å². The summed E-state index contributed by atoms with van der Waals surface area (Å²) in [7, 11) is 1.76. The fourth-order valence-electron chi connectivity index (χ4n) is 2.48. The minimum Gasteiger partial charge on any atom is -0.477 e. The van der Waals surface area contributed by atoms with E-state index in [9.17, 15) is 9.90 Å². The van der Waals surface area contributed by atoms with Gasteiger partial charge in [0.05, 0.1) is 11.2 Å². The van der Waals surface area contributed by atoms with Gasteiger partial charge in [0.15, 0.2) is 5.69 Å². The third kappa shape index (κ3) is 2.40. The van der Waals surface area contributed by atoms with Gasteiger partial charge in [-0.2, -0.15) is 0 Å². The Morgan fingerprint density at radius 3 is 2.67 bits per heavy atom. The van der Waals surface area contributed by atoms with Gasteiger partial charge >= 0.3 is 5.97 Å². The van der Waals surface area contributed by atoms with Gasteiger partial charge in [-0.25, -0.2) is 4.79 Å². The second kappa shape index (κ2) is 5.26. The molecule has 0 saturated heterocycles. The lowest BCUT2D eigenvalue weighted by Crippen LogP contribution is -2.07. The molecule has 1 heterocycles. The van der Waals surface area contributed by atoms with Crippen LogP contribution in [0.4, 0.5) is 11.4 Å². The zero-order valence-corrected chi connectivity index (χ0v) is 12.9. The SMILES string of the molecule is Cn1c(C(=O)O)c(Nc2cccc(Br)c2)c2ccccc21. The van der Waals surface area contributed by atoms with Crippen LogP contribution in [0.3, 0.4) is 0 Å². The number of hydrogen-bond donors (Lipinski definition) is 2. The molecule has 5 heteroatoms. The van der Waals surface area contributed by atoms with Gasteiger partial charge in [-0.15, -0.1) is 0 Å². The van der Waals surface area contributed by atoms with E-state index in [1.54, 1.807) is 11.6 Å². The van der Waals surface area contributed by atoms with Crippen LogP contribution in [0, 0.1) is 0 Å². The first-order valence-electron chi connectivity index (χ1n) is 6.41. The van der Waals surface area contributed by atoms with Crippen molar-refractivity contribution in [3.05, 3.63) is 58.7 Å². The number of aryl methyl sites for hydroxylation is 1. The van der Waals surface area contributed by atoms with Crippen LogP contribution in [-0.4, -0.2) is 15.6 Å². The molecule has 0 aliphatic heterocycles. The summed E-state index contributed by atoms with van der Waals surface area (Å²) in [6.07, 6.45) is 0. The molecular formula is C16H13BrN2O2. The van der Waals surface area contributed by atoms with Gasteiger partial charge in [0, 0.05) is 22.6 Å². The van der Waals surface area contributed by atoms with Crippen molar-refractivity contribution in [3.8, 4) is 0 Å². The monoisotopic (exact) mass is 344 g/mol. The molecule has 0 fully saturated rings. The number of rotatable bonds is 3. The Labute approximate surface area is 130 Å². The van der Waals surface area contributed by atoms with Gasteiger partial charge in [0.25, 0.3) is 0 Å². The molecule has 0 spiro atoms. The Kier molecular flexibility index (Phi) is 3.43. The highest BCUT2D eigenvalue weighted by atomic mass is 79.9. The molecule has 3 rings (SSSR count). The zero-order chi connectivity index (χ0) is 15.0. The van der Waals surface area contributed by atoms with E-state index < -0.39 is 5.97 Å². The van der Waals surface area contributed by atoms with Crippen LogP contribution in [0.5, 0.6) is 0 Å². The standard InChI is InChI=1S/C16H13BrN2O2/c1-19-13-8-3-2-7-12(13)14(15(19)16(20)21)18-11-6-4-5-10(17)9-11/h2-9,18H,1H3,(H,20,21). The first-order valence-corrected chi connectivity index (χ1v) is 7.20. The van der Waals surface area contributed by atoms with Crippen molar-refractivity contribution in [3.63, 3.8) is 0 Å². The van der Waals surface area contributed by atoms with Crippen molar-refractivity contribution in [2.75, 3.05) is 5.32 Å². The average Bonchev–Trinajstić information content (AvgIpc) is 2.73. The van der Waals surface area contributed by atoms with Crippen molar-refractivity contribution in [1.29, 1.82) is 0 Å². The van der Waals surface area contributed by atoms with Crippen molar-refractivity contribution in [1.82, 2.24) is 4.57 Å². The van der Waals surface area contributed by atoms with Crippen LogP contribution in [-0.2, 0) is 7.05 Å². The molecule has 0 aliphatic carbocycles. The Bertz CT molecular complexity index is 839. The van der Waals surface area contributed by atoms with E-state index in [1.165, 1.54) is 0 Å². The molecule has 3 aromatic rings. The predicted molar refractivity (Wildman–Crippen MR) is 87.3 cm³/mol. The fourth-order valence-corrected chi connectivity index (χ4v) is 2.88. The lowest BCUT2D eigenvalue weighted by molar-refractivity contribution is 0.0688. The summed E-state index contributed by atoms with van der Waals surface area (Å²) in [6.45, 7) is 0. The molecule has 0 bridgehead atoms. The summed E-state index contributed by atoms with van der Waals surface area (Å²) in [4.78, 5) is 11.6. The summed E-state index contributed by atoms with van der Waals surface area (Å²) in [5.41, 5.74) is 2.57. The Morgan fingerprint density at radius 1 is 1.19 bits per heavy atom. The number of anilines is 2. The first kappa shape index (κ1) is 13.7. The van der Waals surface area contributed by atoms with Crippen molar-refractivity contribution in [2.24, 2.45) is 7.05 Å². The molecule has 0 atom stereocenters. The van der Waals surface area contributed by atoms with E-state index >= 15 is 0 Å². The summed E-state index contributed by atoms with van der Waals surface area (Å²) < 4.78 is 2.63. The number of nitrogens with one attached hydrogen (secondary N) is 1. The maximum atomic E-state index is 11.6. The summed E-state index contributed by atoms with van der Waals surface area (Å²) in [5, 5.41) is 13.6. The van der Waals surface area contributed by atoms with E-state index in [0.29, 0.717) is 5.69 Å². The second-order valence-corrected chi connectivity index (χ2v) is 5.66. The van der Waals surface area contributed by atoms with Crippen LogP contribution >= 0.6 is 15.9 Å². The normalized spacial score (nSPS) is 10.8. The molecule has 1 aromatic heterocycles. The number of carboxylic acid groups (broad SMARTS) is 1. The lowest BCUT2D eigenvalue weighted by Gasteiger charge is -2.08. The summed E-state index contributed by atoms with van der Waals surface area (Å²) in [6, 6.07) is 15.3. The van der Waals surface area contributed by atoms with Crippen LogP contribution in [0.15, 0.2) is 53.0 Å². The van der Waals surface area contributed by atoms with Gasteiger partial charge in [-0.05, 0) is 24.3 Å². The number of aromatic nitrogens is 1. The lowest BCUT2D eigenvalue weighted by atomic mass is 10.2. The summed E-state index contributed by atoms with van der Waals surface area (Å²) >= 11 is 3.42. The number of benzene rings is 2. The Hall–Kier alpha value is -2.27. The van der Waals surface area contributed by atoms with E-state index in [-0.39, 0.29) is 5.69 Å². The topological polar surface area (TPSA) is 54.3 Å². The smallest absolute Gasteiger partial charge is 0.354 e. The van der Waals surface area contributed by atoms with Gasteiger partial charge in [-0.3, -0.25) is 0 Å². The molecule has 106 valence electrons. The van der Waals surface area contributed by atoms with Gasteiger partial charge in [-0.1, -0.05) is 40.2 Å². The number of halogens is 1. The van der Waals surface area contributed by atoms with E-state index in [1.807, 2.05) is 48.5 Å².